The highest BCUT2D eigenvalue weighted by Crippen LogP contribution is 2.22. The number of ketones is 1. The second-order valence-electron chi connectivity index (χ2n) is 4.66. The number of hydrogen-bond donors (Lipinski definition) is 1. The third kappa shape index (κ3) is 3.05. The maximum atomic E-state index is 11.5. The summed E-state index contributed by atoms with van der Waals surface area (Å²) in [6.45, 7) is 1.56. The van der Waals surface area contributed by atoms with Gasteiger partial charge >= 0.3 is 6.03 Å². The number of Topliss-reactive ketones (excluding diaryl/α,β-unsaturated/α-hetero) is 1. The van der Waals surface area contributed by atoms with Crippen molar-refractivity contribution in [2.75, 3.05) is 37.0 Å². The van der Waals surface area contributed by atoms with E-state index in [1.807, 2.05) is 24.3 Å². The van der Waals surface area contributed by atoms with Crippen molar-refractivity contribution >= 4 is 23.2 Å². The summed E-state index contributed by atoms with van der Waals surface area (Å²) in [5.41, 5.74) is 1.94. The lowest BCUT2D eigenvalue weighted by molar-refractivity contribution is -0.119. The van der Waals surface area contributed by atoms with Crippen molar-refractivity contribution in [1.82, 2.24) is 5.32 Å². The van der Waals surface area contributed by atoms with E-state index in [1.54, 1.807) is 19.0 Å². The quantitative estimate of drug-likeness (QED) is 0.880. The largest absolute Gasteiger partial charge is 0.371 e. The van der Waals surface area contributed by atoms with E-state index >= 15 is 0 Å². The van der Waals surface area contributed by atoms with Crippen LogP contribution >= 0.6 is 0 Å². The van der Waals surface area contributed by atoms with Gasteiger partial charge in [0.1, 0.15) is 5.78 Å². The Balaban J connectivity index is 2.06. The number of piperidine rings is 1. The standard InChI is InChI=1S/C14H19N3O2/c1-15-14(19)16(2)11-3-5-12(6-4-11)17-9-7-13(18)8-10-17/h3-6H,7-10H2,1-2H3,(H,15,19). The molecule has 1 saturated heterocycles. The normalized spacial score (nSPS) is 15.3. The van der Waals surface area contributed by atoms with E-state index in [1.165, 1.54) is 0 Å². The molecule has 2 rings (SSSR count). The zero-order valence-electron chi connectivity index (χ0n) is 11.3. The summed E-state index contributed by atoms with van der Waals surface area (Å²) in [4.78, 5) is 26.5. The number of urea groups is 1. The van der Waals surface area contributed by atoms with Gasteiger partial charge in [-0.1, -0.05) is 0 Å². The molecule has 5 heteroatoms. The van der Waals surface area contributed by atoms with Crippen LogP contribution in [0.3, 0.4) is 0 Å². The van der Waals surface area contributed by atoms with Gasteiger partial charge in [-0.05, 0) is 24.3 Å². The number of amides is 2. The summed E-state index contributed by atoms with van der Waals surface area (Å²) in [6.07, 6.45) is 1.25. The molecular formula is C14H19N3O2. The first-order valence-electron chi connectivity index (χ1n) is 6.44. The minimum Gasteiger partial charge on any atom is -0.371 e. The Hall–Kier alpha value is -2.04. The van der Waals surface area contributed by atoms with Gasteiger partial charge in [0.15, 0.2) is 0 Å². The monoisotopic (exact) mass is 261 g/mol. The molecule has 1 aromatic carbocycles. The molecule has 1 aliphatic heterocycles. The molecule has 0 aromatic heterocycles. The van der Waals surface area contributed by atoms with Crippen LogP contribution < -0.4 is 15.1 Å². The summed E-state index contributed by atoms with van der Waals surface area (Å²) in [5, 5.41) is 2.59. The molecule has 1 aliphatic rings. The first-order valence-corrected chi connectivity index (χ1v) is 6.44. The van der Waals surface area contributed by atoms with Crippen LogP contribution in [0.25, 0.3) is 0 Å². The Morgan fingerprint density at radius 1 is 1.21 bits per heavy atom. The first-order chi connectivity index (χ1) is 9.11. The summed E-state index contributed by atoms with van der Waals surface area (Å²) in [7, 11) is 3.34. The number of nitrogens with zero attached hydrogens (tertiary/aromatic N) is 2. The highest BCUT2D eigenvalue weighted by Gasteiger charge is 2.16. The van der Waals surface area contributed by atoms with Crippen LogP contribution in [0.15, 0.2) is 24.3 Å². The van der Waals surface area contributed by atoms with Gasteiger partial charge in [-0.25, -0.2) is 4.79 Å². The van der Waals surface area contributed by atoms with E-state index in [-0.39, 0.29) is 6.03 Å². The van der Waals surface area contributed by atoms with E-state index in [0.29, 0.717) is 18.6 Å². The highest BCUT2D eigenvalue weighted by atomic mass is 16.2. The zero-order valence-corrected chi connectivity index (χ0v) is 11.3. The molecule has 0 spiro atoms. The van der Waals surface area contributed by atoms with Crippen LogP contribution in [-0.4, -0.2) is 39.0 Å². The van der Waals surface area contributed by atoms with Crippen molar-refractivity contribution < 1.29 is 9.59 Å². The molecule has 102 valence electrons. The smallest absolute Gasteiger partial charge is 0.321 e. The van der Waals surface area contributed by atoms with Crippen molar-refractivity contribution in [2.45, 2.75) is 12.8 Å². The summed E-state index contributed by atoms with van der Waals surface area (Å²) in [5.74, 6) is 0.340. The van der Waals surface area contributed by atoms with E-state index in [4.69, 9.17) is 0 Å². The molecular weight excluding hydrogens is 242 g/mol. The summed E-state index contributed by atoms with van der Waals surface area (Å²) in [6, 6.07) is 7.67. The minimum atomic E-state index is -0.142. The molecule has 0 saturated carbocycles. The number of benzene rings is 1. The lowest BCUT2D eigenvalue weighted by Crippen LogP contribution is -2.35. The molecule has 0 aliphatic carbocycles. The molecule has 0 radical (unpaired) electrons. The fourth-order valence-electron chi connectivity index (χ4n) is 2.19. The minimum absolute atomic E-state index is 0.142. The predicted molar refractivity (Wildman–Crippen MR) is 75.8 cm³/mol. The first kappa shape index (κ1) is 13.4. The molecule has 0 bridgehead atoms. The molecule has 1 N–H and O–H groups in total. The maximum Gasteiger partial charge on any atom is 0.321 e. The summed E-state index contributed by atoms with van der Waals surface area (Å²) < 4.78 is 0. The average molecular weight is 261 g/mol. The van der Waals surface area contributed by atoms with Gasteiger partial charge < -0.3 is 10.2 Å². The van der Waals surface area contributed by atoms with E-state index in [9.17, 15) is 9.59 Å². The Morgan fingerprint density at radius 3 is 2.32 bits per heavy atom. The Kier molecular flexibility index (Phi) is 4.04. The fraction of sp³-hybridized carbons (Fsp3) is 0.429. The van der Waals surface area contributed by atoms with Crippen LogP contribution in [0.2, 0.25) is 0 Å². The molecule has 1 fully saturated rings. The van der Waals surface area contributed by atoms with Gasteiger partial charge in [0.2, 0.25) is 0 Å². The molecule has 1 heterocycles. The van der Waals surface area contributed by atoms with Crippen molar-refractivity contribution in [3.8, 4) is 0 Å². The second kappa shape index (κ2) is 5.73. The van der Waals surface area contributed by atoms with E-state index < -0.39 is 0 Å². The van der Waals surface area contributed by atoms with Crippen LogP contribution in [0, 0.1) is 0 Å². The predicted octanol–water partition coefficient (Wildman–Crippen LogP) is 1.63. The molecule has 5 nitrogen and oxygen atoms in total. The van der Waals surface area contributed by atoms with Gasteiger partial charge in [0, 0.05) is 51.4 Å². The number of carbonyl (C=O) groups excluding carboxylic acids is 2. The number of carbonyl (C=O) groups is 2. The number of nitrogens with one attached hydrogen (secondary N) is 1. The van der Waals surface area contributed by atoms with Crippen molar-refractivity contribution in [1.29, 1.82) is 0 Å². The van der Waals surface area contributed by atoms with E-state index in [2.05, 4.69) is 10.2 Å². The fourth-order valence-corrected chi connectivity index (χ4v) is 2.19. The van der Waals surface area contributed by atoms with Crippen molar-refractivity contribution in [3.63, 3.8) is 0 Å². The van der Waals surface area contributed by atoms with Crippen LogP contribution in [-0.2, 0) is 4.79 Å². The Morgan fingerprint density at radius 2 is 1.79 bits per heavy atom. The van der Waals surface area contributed by atoms with Gasteiger partial charge in [-0.2, -0.15) is 0 Å². The molecule has 19 heavy (non-hydrogen) atoms. The molecule has 2 amide bonds. The third-order valence-corrected chi connectivity index (χ3v) is 3.44. The molecule has 1 aromatic rings. The number of anilines is 2. The van der Waals surface area contributed by atoms with Gasteiger partial charge in [0.05, 0.1) is 0 Å². The second-order valence-corrected chi connectivity index (χ2v) is 4.66. The molecule has 0 atom stereocenters. The van der Waals surface area contributed by atoms with Crippen LogP contribution in [0.4, 0.5) is 16.2 Å². The van der Waals surface area contributed by atoms with Gasteiger partial charge in [-0.3, -0.25) is 9.69 Å². The Bertz CT molecular complexity index is 460. The zero-order chi connectivity index (χ0) is 13.8. The maximum absolute atomic E-state index is 11.5. The van der Waals surface area contributed by atoms with Crippen molar-refractivity contribution in [2.24, 2.45) is 0 Å². The topological polar surface area (TPSA) is 52.7 Å². The van der Waals surface area contributed by atoms with Gasteiger partial charge in [-0.15, -0.1) is 0 Å². The van der Waals surface area contributed by atoms with Crippen LogP contribution in [0.5, 0.6) is 0 Å². The van der Waals surface area contributed by atoms with E-state index in [0.717, 1.165) is 24.5 Å². The molecule has 0 unspecified atom stereocenters. The van der Waals surface area contributed by atoms with Crippen LogP contribution in [0.1, 0.15) is 12.8 Å². The highest BCUT2D eigenvalue weighted by molar-refractivity contribution is 5.91. The Labute approximate surface area is 113 Å². The third-order valence-electron chi connectivity index (χ3n) is 3.44. The lowest BCUT2D eigenvalue weighted by atomic mass is 10.1. The lowest BCUT2D eigenvalue weighted by Gasteiger charge is -2.28. The number of rotatable bonds is 2. The SMILES string of the molecule is CNC(=O)N(C)c1ccc(N2CCC(=O)CC2)cc1. The average Bonchev–Trinajstić information content (AvgIpc) is 2.46. The van der Waals surface area contributed by atoms with Gasteiger partial charge in [0.25, 0.3) is 0 Å². The summed E-state index contributed by atoms with van der Waals surface area (Å²) >= 11 is 0. The van der Waals surface area contributed by atoms with Crippen molar-refractivity contribution in [3.05, 3.63) is 24.3 Å². The number of hydrogen-bond acceptors (Lipinski definition) is 3.